The molecule has 0 heterocycles. The Balaban J connectivity index is 1.55. The molecule has 0 aromatic rings. The molecule has 0 N–H and O–H groups in total. The molecule has 1 heteroatoms. The van der Waals surface area contributed by atoms with Crippen molar-refractivity contribution in [1.82, 2.24) is 0 Å². The van der Waals surface area contributed by atoms with Crippen LogP contribution < -0.4 is 0 Å². The predicted octanol–water partition coefficient (Wildman–Crippen LogP) is 8.46. The van der Waals surface area contributed by atoms with Gasteiger partial charge >= 0.3 is 0 Å². The van der Waals surface area contributed by atoms with E-state index in [1.807, 2.05) is 0 Å². The van der Waals surface area contributed by atoms with Crippen molar-refractivity contribution in [1.29, 1.82) is 0 Å². The van der Waals surface area contributed by atoms with Crippen LogP contribution in [0.3, 0.4) is 0 Å². The molecule has 5 fully saturated rings. The van der Waals surface area contributed by atoms with Gasteiger partial charge in [-0.3, -0.25) is 4.79 Å². The fraction of sp³-hybridized carbons (Fsp3) is 0.967. The fourth-order valence-corrected chi connectivity index (χ4v) is 11.2. The molecule has 0 spiro atoms. The van der Waals surface area contributed by atoms with Gasteiger partial charge in [-0.1, -0.05) is 55.4 Å². The number of Topliss-reactive ketones (excluding diaryl/α,β-unsaturated/α-hetero) is 1. The van der Waals surface area contributed by atoms with Gasteiger partial charge in [0.05, 0.1) is 0 Å². The molecule has 0 aromatic heterocycles. The van der Waals surface area contributed by atoms with E-state index in [4.69, 9.17) is 0 Å². The van der Waals surface area contributed by atoms with Crippen LogP contribution in [-0.2, 0) is 4.79 Å². The SMILES string of the molecule is C[C@@H]1C(=O)CC[C@H]2[C@]3(C)CC[C@@]4(C)[C@@H]5CC(C)(C)CC[C@@]5(C)CC[C@]4(C)[C@H]3CC[C@]21C. The summed E-state index contributed by atoms with van der Waals surface area (Å²) in [5.41, 5.74) is 2.67. The Morgan fingerprint density at radius 1 is 0.645 bits per heavy atom. The number of carbonyl (C=O) groups is 1. The van der Waals surface area contributed by atoms with E-state index in [-0.39, 0.29) is 11.3 Å². The van der Waals surface area contributed by atoms with E-state index in [1.165, 1.54) is 57.8 Å². The van der Waals surface area contributed by atoms with Gasteiger partial charge in [0.2, 0.25) is 0 Å². The van der Waals surface area contributed by atoms with Gasteiger partial charge < -0.3 is 0 Å². The Labute approximate surface area is 192 Å². The average Bonchev–Trinajstić information content (AvgIpc) is 2.69. The Morgan fingerprint density at radius 3 is 1.97 bits per heavy atom. The van der Waals surface area contributed by atoms with E-state index < -0.39 is 0 Å². The molecule has 5 rings (SSSR count). The van der Waals surface area contributed by atoms with Crippen molar-refractivity contribution in [3.63, 3.8) is 0 Å². The second-order valence-electron chi connectivity index (χ2n) is 15.3. The zero-order chi connectivity index (χ0) is 22.7. The van der Waals surface area contributed by atoms with Gasteiger partial charge in [-0.2, -0.15) is 0 Å². The lowest BCUT2D eigenvalue weighted by Gasteiger charge is -2.74. The van der Waals surface area contributed by atoms with Crippen LogP contribution in [0, 0.1) is 56.2 Å². The third kappa shape index (κ3) is 2.70. The lowest BCUT2D eigenvalue weighted by atomic mass is 9.30. The van der Waals surface area contributed by atoms with Crippen LogP contribution in [0.25, 0.3) is 0 Å². The van der Waals surface area contributed by atoms with E-state index >= 15 is 0 Å². The standard InChI is InChI=1S/C30H50O/c1-20-21(31)9-10-22-27(20,5)12-11-23-28(22,6)16-18-30(8)24-19-25(2,3)13-14-26(24,4)15-17-29(23,30)7/h20,22-24H,9-19H2,1-8H3/t20-,22-,23+,24-,26+,27+,28+,29-,30+/m1/s1. The van der Waals surface area contributed by atoms with E-state index in [9.17, 15) is 4.79 Å². The van der Waals surface area contributed by atoms with Gasteiger partial charge in [0.1, 0.15) is 5.78 Å². The molecule has 9 atom stereocenters. The van der Waals surface area contributed by atoms with Gasteiger partial charge in [0.15, 0.2) is 0 Å². The van der Waals surface area contributed by atoms with Crippen molar-refractivity contribution in [3.8, 4) is 0 Å². The van der Waals surface area contributed by atoms with Gasteiger partial charge in [-0.15, -0.1) is 0 Å². The summed E-state index contributed by atoms with van der Waals surface area (Å²) in [6.45, 7) is 20.7. The minimum absolute atomic E-state index is 0.237. The van der Waals surface area contributed by atoms with Crippen LogP contribution >= 0.6 is 0 Å². The zero-order valence-electron chi connectivity index (χ0n) is 22.0. The van der Waals surface area contributed by atoms with E-state index in [1.54, 1.807) is 0 Å². The van der Waals surface area contributed by atoms with Gasteiger partial charge in [-0.25, -0.2) is 0 Å². The van der Waals surface area contributed by atoms with E-state index in [2.05, 4.69) is 55.4 Å². The Hall–Kier alpha value is -0.330. The van der Waals surface area contributed by atoms with Gasteiger partial charge in [0, 0.05) is 12.3 Å². The normalized spacial score (nSPS) is 58.5. The smallest absolute Gasteiger partial charge is 0.136 e. The molecular formula is C30H50O. The molecule has 0 aromatic carbocycles. The molecule has 5 saturated carbocycles. The summed E-state index contributed by atoms with van der Waals surface area (Å²) < 4.78 is 0. The molecule has 5 aliphatic carbocycles. The first-order valence-corrected chi connectivity index (χ1v) is 13.7. The monoisotopic (exact) mass is 426 g/mol. The summed E-state index contributed by atoms with van der Waals surface area (Å²) in [5, 5.41) is 0. The molecule has 0 unspecified atom stereocenters. The number of rotatable bonds is 0. The number of carbonyl (C=O) groups excluding carboxylic acids is 1. The molecule has 0 bridgehead atoms. The summed E-state index contributed by atoms with van der Waals surface area (Å²) in [4.78, 5) is 12.7. The largest absolute Gasteiger partial charge is 0.299 e. The highest BCUT2D eigenvalue weighted by Gasteiger charge is 2.70. The molecule has 1 nitrogen and oxygen atoms in total. The van der Waals surface area contributed by atoms with E-state index in [0.29, 0.717) is 32.9 Å². The van der Waals surface area contributed by atoms with Crippen LogP contribution in [0.1, 0.15) is 126 Å². The summed E-state index contributed by atoms with van der Waals surface area (Å²) in [6, 6.07) is 0. The maximum Gasteiger partial charge on any atom is 0.136 e. The Kier molecular flexibility index (Phi) is 4.65. The fourth-order valence-electron chi connectivity index (χ4n) is 11.2. The maximum absolute atomic E-state index is 12.7. The molecule has 0 saturated heterocycles. The molecule has 5 aliphatic rings. The summed E-state index contributed by atoms with van der Waals surface area (Å²) in [5.74, 6) is 3.27. The molecule has 176 valence electrons. The second kappa shape index (κ2) is 6.41. The molecule has 0 amide bonds. The molecule has 0 aliphatic heterocycles. The molecule has 31 heavy (non-hydrogen) atoms. The summed E-state index contributed by atoms with van der Waals surface area (Å²) in [6.07, 6.45) is 14.6. The van der Waals surface area contributed by atoms with Crippen LogP contribution in [0.2, 0.25) is 0 Å². The number of hydrogen-bond acceptors (Lipinski definition) is 1. The van der Waals surface area contributed by atoms with Crippen LogP contribution in [-0.4, -0.2) is 5.78 Å². The Bertz CT molecular complexity index is 781. The maximum atomic E-state index is 12.7. The van der Waals surface area contributed by atoms with Crippen molar-refractivity contribution >= 4 is 5.78 Å². The number of hydrogen-bond donors (Lipinski definition) is 0. The highest BCUT2D eigenvalue weighted by atomic mass is 16.1. The lowest BCUT2D eigenvalue weighted by molar-refractivity contribution is -0.256. The van der Waals surface area contributed by atoms with Crippen molar-refractivity contribution < 1.29 is 4.79 Å². The highest BCUT2D eigenvalue weighted by molar-refractivity contribution is 5.82. The zero-order valence-corrected chi connectivity index (χ0v) is 22.0. The summed E-state index contributed by atoms with van der Waals surface area (Å²) in [7, 11) is 0. The topological polar surface area (TPSA) is 17.1 Å². The second-order valence-corrected chi connectivity index (χ2v) is 15.3. The van der Waals surface area contributed by atoms with Gasteiger partial charge in [-0.05, 0) is 114 Å². The third-order valence-corrected chi connectivity index (χ3v) is 13.7. The predicted molar refractivity (Wildman–Crippen MR) is 130 cm³/mol. The number of fused-ring (bicyclic) bond motifs is 7. The summed E-state index contributed by atoms with van der Waals surface area (Å²) >= 11 is 0. The molecular weight excluding hydrogens is 376 g/mol. The van der Waals surface area contributed by atoms with Crippen LogP contribution in [0.5, 0.6) is 0 Å². The minimum atomic E-state index is 0.237. The first-order chi connectivity index (χ1) is 14.2. The quantitative estimate of drug-likeness (QED) is 0.379. The highest BCUT2D eigenvalue weighted by Crippen LogP contribution is 2.78. The van der Waals surface area contributed by atoms with Crippen molar-refractivity contribution in [2.45, 2.75) is 126 Å². The van der Waals surface area contributed by atoms with Crippen molar-refractivity contribution in [2.75, 3.05) is 0 Å². The van der Waals surface area contributed by atoms with Gasteiger partial charge in [0.25, 0.3) is 0 Å². The van der Waals surface area contributed by atoms with Crippen LogP contribution in [0.4, 0.5) is 0 Å². The number of ketones is 1. The van der Waals surface area contributed by atoms with Crippen LogP contribution in [0.15, 0.2) is 0 Å². The van der Waals surface area contributed by atoms with E-state index in [0.717, 1.165) is 30.6 Å². The van der Waals surface area contributed by atoms with Crippen molar-refractivity contribution in [3.05, 3.63) is 0 Å². The average molecular weight is 427 g/mol. The molecule has 0 radical (unpaired) electrons. The third-order valence-electron chi connectivity index (χ3n) is 13.7. The first kappa shape index (κ1) is 22.5. The van der Waals surface area contributed by atoms with Crippen molar-refractivity contribution in [2.24, 2.45) is 56.2 Å². The minimum Gasteiger partial charge on any atom is -0.299 e. The lowest BCUT2D eigenvalue weighted by Crippen LogP contribution is -2.67. The Morgan fingerprint density at radius 2 is 1.26 bits per heavy atom. The first-order valence-electron chi connectivity index (χ1n) is 13.7.